The molecular weight excluding hydrogens is 290 g/mol. The lowest BCUT2D eigenvalue weighted by Gasteiger charge is -2.08. The van der Waals surface area contributed by atoms with Crippen LogP contribution < -0.4 is 9.83 Å². The molecule has 2 aromatic rings. The van der Waals surface area contributed by atoms with Gasteiger partial charge in [-0.05, 0) is 42.7 Å². The average molecular weight is 306 g/mol. The third-order valence-corrected chi connectivity index (χ3v) is 4.59. The number of carbonyl (C=O) groups is 1. The van der Waals surface area contributed by atoms with Crippen LogP contribution in [-0.2, 0) is 14.8 Å². The molecule has 2 aromatic carbocycles. The van der Waals surface area contributed by atoms with Gasteiger partial charge in [-0.3, -0.25) is 0 Å². The Balaban J connectivity index is 2.16. The van der Waals surface area contributed by atoms with Gasteiger partial charge >= 0.3 is 0 Å². The summed E-state index contributed by atoms with van der Waals surface area (Å²) in [5, 5.41) is 12.1. The third kappa shape index (κ3) is 4.03. The highest BCUT2D eigenvalue weighted by molar-refractivity contribution is 7.89. The molecule has 21 heavy (non-hydrogen) atoms. The molecule has 0 bridgehead atoms. The number of hydrogen-bond donors (Lipinski definition) is 1. The SMILES string of the molecule is Cc1ccc2cc(S(=O)(=O)NCCCC(=O)[O-])ccc2c1. The van der Waals surface area contributed by atoms with Crippen LogP contribution in [0.5, 0.6) is 0 Å². The molecule has 0 radical (unpaired) electrons. The highest BCUT2D eigenvalue weighted by atomic mass is 32.2. The molecule has 0 amide bonds. The van der Waals surface area contributed by atoms with Crippen LogP contribution in [0.2, 0.25) is 0 Å². The first kappa shape index (κ1) is 15.5. The molecule has 0 unspecified atom stereocenters. The number of aliphatic carboxylic acids is 1. The number of sulfonamides is 1. The highest BCUT2D eigenvalue weighted by Crippen LogP contribution is 2.20. The van der Waals surface area contributed by atoms with E-state index in [9.17, 15) is 18.3 Å². The maximum Gasteiger partial charge on any atom is 0.240 e. The van der Waals surface area contributed by atoms with Gasteiger partial charge in [0, 0.05) is 12.5 Å². The Bertz CT molecular complexity index is 768. The van der Waals surface area contributed by atoms with E-state index in [-0.39, 0.29) is 24.3 Å². The van der Waals surface area contributed by atoms with E-state index in [1.54, 1.807) is 18.2 Å². The largest absolute Gasteiger partial charge is 0.550 e. The molecule has 0 aliphatic heterocycles. The molecule has 6 heteroatoms. The van der Waals surface area contributed by atoms with E-state index in [0.717, 1.165) is 16.3 Å². The van der Waals surface area contributed by atoms with Gasteiger partial charge in [-0.15, -0.1) is 0 Å². The average Bonchev–Trinajstić information content (AvgIpc) is 2.43. The maximum absolute atomic E-state index is 12.1. The zero-order valence-corrected chi connectivity index (χ0v) is 12.4. The van der Waals surface area contributed by atoms with Crippen molar-refractivity contribution in [3.63, 3.8) is 0 Å². The van der Waals surface area contributed by atoms with Crippen molar-refractivity contribution in [1.29, 1.82) is 0 Å². The maximum atomic E-state index is 12.1. The first-order valence-electron chi connectivity index (χ1n) is 6.58. The molecule has 112 valence electrons. The number of carbonyl (C=O) groups excluding carboxylic acids is 1. The Morgan fingerprint density at radius 3 is 2.52 bits per heavy atom. The van der Waals surface area contributed by atoms with Crippen molar-refractivity contribution >= 4 is 26.8 Å². The molecule has 5 nitrogen and oxygen atoms in total. The van der Waals surface area contributed by atoms with Crippen molar-refractivity contribution in [3.8, 4) is 0 Å². The van der Waals surface area contributed by atoms with Gasteiger partial charge < -0.3 is 9.90 Å². The van der Waals surface area contributed by atoms with E-state index < -0.39 is 16.0 Å². The summed E-state index contributed by atoms with van der Waals surface area (Å²) in [6.45, 7) is 2.05. The highest BCUT2D eigenvalue weighted by Gasteiger charge is 2.13. The Morgan fingerprint density at radius 2 is 1.81 bits per heavy atom. The quantitative estimate of drug-likeness (QED) is 0.805. The second-order valence-corrected chi connectivity index (χ2v) is 6.65. The van der Waals surface area contributed by atoms with Crippen LogP contribution in [0.25, 0.3) is 10.8 Å². The Labute approximate surface area is 123 Å². The molecule has 1 N–H and O–H groups in total. The molecule has 0 spiro atoms. The molecule has 0 fully saturated rings. The van der Waals surface area contributed by atoms with Gasteiger partial charge in [0.05, 0.1) is 4.90 Å². The number of benzene rings is 2. The van der Waals surface area contributed by atoms with Gasteiger partial charge in [-0.2, -0.15) is 0 Å². The summed E-state index contributed by atoms with van der Waals surface area (Å²) in [6, 6.07) is 10.7. The van der Waals surface area contributed by atoms with Crippen molar-refractivity contribution in [2.45, 2.75) is 24.7 Å². The van der Waals surface area contributed by atoms with E-state index in [4.69, 9.17) is 0 Å². The minimum absolute atomic E-state index is 0.0717. The zero-order valence-electron chi connectivity index (χ0n) is 11.6. The zero-order chi connectivity index (χ0) is 15.5. The molecule has 2 rings (SSSR count). The normalized spacial score (nSPS) is 11.7. The van der Waals surface area contributed by atoms with Crippen molar-refractivity contribution < 1.29 is 18.3 Å². The number of carboxylic acid groups (broad SMARTS) is 1. The monoisotopic (exact) mass is 306 g/mol. The summed E-state index contributed by atoms with van der Waals surface area (Å²) in [5.74, 6) is -1.18. The molecular formula is C15H16NO4S-. The van der Waals surface area contributed by atoms with E-state index in [1.165, 1.54) is 0 Å². The van der Waals surface area contributed by atoms with Crippen molar-refractivity contribution in [2.24, 2.45) is 0 Å². The lowest BCUT2D eigenvalue weighted by atomic mass is 10.1. The first-order chi connectivity index (χ1) is 9.88. The number of hydrogen-bond acceptors (Lipinski definition) is 4. The topological polar surface area (TPSA) is 86.3 Å². The second kappa shape index (κ2) is 6.24. The van der Waals surface area contributed by atoms with Crippen LogP contribution in [-0.4, -0.2) is 20.9 Å². The van der Waals surface area contributed by atoms with Gasteiger partial charge in [0.15, 0.2) is 0 Å². The smallest absolute Gasteiger partial charge is 0.240 e. The van der Waals surface area contributed by atoms with Gasteiger partial charge in [-0.1, -0.05) is 29.8 Å². The summed E-state index contributed by atoms with van der Waals surface area (Å²) in [6.07, 6.45) is 0.0356. The van der Waals surface area contributed by atoms with Crippen LogP contribution in [0.4, 0.5) is 0 Å². The third-order valence-electron chi connectivity index (χ3n) is 3.13. The molecule has 0 aliphatic rings. The van der Waals surface area contributed by atoms with Crippen molar-refractivity contribution in [2.75, 3.05) is 6.54 Å². The molecule has 0 aliphatic carbocycles. The molecule has 0 saturated carbocycles. The molecule has 0 heterocycles. The van der Waals surface area contributed by atoms with E-state index >= 15 is 0 Å². The Hall–Kier alpha value is -1.92. The fourth-order valence-electron chi connectivity index (χ4n) is 2.03. The molecule has 0 aromatic heterocycles. The molecule has 0 saturated heterocycles. The van der Waals surface area contributed by atoms with Crippen LogP contribution >= 0.6 is 0 Å². The van der Waals surface area contributed by atoms with Gasteiger partial charge in [0.1, 0.15) is 0 Å². The number of aryl methyl sites for hydroxylation is 1. The second-order valence-electron chi connectivity index (χ2n) is 4.89. The lowest BCUT2D eigenvalue weighted by molar-refractivity contribution is -0.305. The van der Waals surface area contributed by atoms with Crippen molar-refractivity contribution in [1.82, 2.24) is 4.72 Å². The van der Waals surface area contributed by atoms with Crippen LogP contribution in [0.15, 0.2) is 41.3 Å². The minimum Gasteiger partial charge on any atom is -0.550 e. The van der Waals surface area contributed by atoms with Crippen molar-refractivity contribution in [3.05, 3.63) is 42.0 Å². The van der Waals surface area contributed by atoms with Crippen LogP contribution in [0, 0.1) is 6.92 Å². The van der Waals surface area contributed by atoms with Gasteiger partial charge in [0.25, 0.3) is 0 Å². The van der Waals surface area contributed by atoms with Gasteiger partial charge in [0.2, 0.25) is 10.0 Å². The Morgan fingerprint density at radius 1 is 1.14 bits per heavy atom. The fourth-order valence-corrected chi connectivity index (χ4v) is 3.14. The standard InChI is InChI=1S/C15H17NO4S/c1-11-4-5-13-10-14(7-6-12(13)9-11)21(19,20)16-8-2-3-15(17)18/h4-7,9-10,16H,2-3,8H2,1H3,(H,17,18)/p-1. The first-order valence-corrected chi connectivity index (χ1v) is 8.07. The van der Waals surface area contributed by atoms with Crippen LogP contribution in [0.3, 0.4) is 0 Å². The summed E-state index contributed by atoms with van der Waals surface area (Å²) in [5.41, 5.74) is 1.11. The van der Waals surface area contributed by atoms with E-state index in [0.29, 0.717) is 0 Å². The molecule has 0 atom stereocenters. The fraction of sp³-hybridized carbons (Fsp3) is 0.267. The summed E-state index contributed by atoms with van der Waals surface area (Å²) < 4.78 is 26.6. The predicted molar refractivity (Wildman–Crippen MR) is 78.1 cm³/mol. The lowest BCUT2D eigenvalue weighted by Crippen LogP contribution is -2.27. The predicted octanol–water partition coefficient (Wildman–Crippen LogP) is 0.957. The van der Waals surface area contributed by atoms with E-state index in [2.05, 4.69) is 4.72 Å². The van der Waals surface area contributed by atoms with Crippen LogP contribution in [0.1, 0.15) is 18.4 Å². The Kier molecular flexibility index (Phi) is 4.59. The number of nitrogens with one attached hydrogen (secondary N) is 1. The number of carboxylic acids is 1. The number of fused-ring (bicyclic) bond motifs is 1. The summed E-state index contributed by atoms with van der Waals surface area (Å²) in [4.78, 5) is 10.5. The van der Waals surface area contributed by atoms with Gasteiger partial charge in [-0.25, -0.2) is 13.1 Å². The number of rotatable bonds is 6. The summed E-state index contributed by atoms with van der Waals surface area (Å²) >= 11 is 0. The minimum atomic E-state index is -3.62. The summed E-state index contributed by atoms with van der Waals surface area (Å²) in [7, 11) is -3.62. The van der Waals surface area contributed by atoms with E-state index in [1.807, 2.05) is 25.1 Å².